The van der Waals surface area contributed by atoms with Gasteiger partial charge >= 0.3 is 0 Å². The SMILES string of the molecule is COc1c(I)ncc(N)c1C(F)F. The minimum absolute atomic E-state index is 0.0488. The maximum Gasteiger partial charge on any atom is 0.269 e. The summed E-state index contributed by atoms with van der Waals surface area (Å²) in [7, 11) is 1.31. The lowest BCUT2D eigenvalue weighted by Gasteiger charge is -2.10. The van der Waals surface area contributed by atoms with E-state index in [0.717, 1.165) is 0 Å². The van der Waals surface area contributed by atoms with Crippen molar-refractivity contribution >= 4 is 28.3 Å². The minimum atomic E-state index is -2.65. The van der Waals surface area contributed by atoms with E-state index in [-0.39, 0.29) is 17.0 Å². The summed E-state index contributed by atoms with van der Waals surface area (Å²) in [4.78, 5) is 3.80. The Balaban J connectivity index is 3.35. The first-order valence-electron chi connectivity index (χ1n) is 3.34. The molecule has 1 aromatic rings. The second kappa shape index (κ2) is 4.03. The van der Waals surface area contributed by atoms with Crippen molar-refractivity contribution in [3.05, 3.63) is 15.5 Å². The summed E-state index contributed by atoms with van der Waals surface area (Å²) < 4.78 is 30.1. The Morgan fingerprint density at radius 1 is 1.62 bits per heavy atom. The fourth-order valence-corrected chi connectivity index (χ4v) is 1.57. The highest BCUT2D eigenvalue weighted by Gasteiger charge is 2.20. The number of nitrogens with two attached hydrogens (primary N) is 1. The van der Waals surface area contributed by atoms with Gasteiger partial charge in [0.25, 0.3) is 6.43 Å². The number of halogens is 3. The lowest BCUT2D eigenvalue weighted by Crippen LogP contribution is -2.02. The van der Waals surface area contributed by atoms with E-state index in [0.29, 0.717) is 3.70 Å². The highest BCUT2D eigenvalue weighted by molar-refractivity contribution is 14.1. The quantitative estimate of drug-likeness (QED) is 0.673. The highest BCUT2D eigenvalue weighted by Crippen LogP contribution is 2.35. The van der Waals surface area contributed by atoms with Crippen molar-refractivity contribution in [2.45, 2.75) is 6.43 Å². The lowest BCUT2D eigenvalue weighted by atomic mass is 10.2. The number of aromatic nitrogens is 1. The van der Waals surface area contributed by atoms with Gasteiger partial charge in [-0.3, -0.25) is 0 Å². The van der Waals surface area contributed by atoms with E-state index >= 15 is 0 Å². The fraction of sp³-hybridized carbons (Fsp3) is 0.286. The lowest BCUT2D eigenvalue weighted by molar-refractivity contribution is 0.147. The molecule has 0 aliphatic heterocycles. The summed E-state index contributed by atoms with van der Waals surface area (Å²) in [6.07, 6.45) is -1.45. The topological polar surface area (TPSA) is 48.1 Å². The molecule has 0 atom stereocenters. The van der Waals surface area contributed by atoms with Gasteiger partial charge in [-0.15, -0.1) is 0 Å². The van der Waals surface area contributed by atoms with Crippen LogP contribution in [-0.2, 0) is 0 Å². The molecular formula is C7H7F2IN2O. The molecule has 0 spiro atoms. The van der Waals surface area contributed by atoms with Crippen LogP contribution in [0, 0.1) is 3.70 Å². The number of pyridine rings is 1. The Hall–Kier alpha value is -0.660. The van der Waals surface area contributed by atoms with Crippen molar-refractivity contribution in [2.24, 2.45) is 0 Å². The molecule has 2 N–H and O–H groups in total. The van der Waals surface area contributed by atoms with Crippen LogP contribution in [0.1, 0.15) is 12.0 Å². The fourth-order valence-electron chi connectivity index (χ4n) is 0.916. The summed E-state index contributed by atoms with van der Waals surface area (Å²) >= 11 is 1.81. The molecule has 0 aromatic carbocycles. The first-order valence-corrected chi connectivity index (χ1v) is 4.41. The van der Waals surface area contributed by atoms with Crippen molar-refractivity contribution in [1.29, 1.82) is 0 Å². The molecule has 1 rings (SSSR count). The van der Waals surface area contributed by atoms with Crippen LogP contribution in [0.3, 0.4) is 0 Å². The molecule has 0 saturated heterocycles. The van der Waals surface area contributed by atoms with E-state index in [4.69, 9.17) is 10.5 Å². The van der Waals surface area contributed by atoms with Gasteiger partial charge in [0.1, 0.15) is 3.70 Å². The molecule has 72 valence electrons. The molecule has 6 heteroatoms. The van der Waals surface area contributed by atoms with Crippen molar-refractivity contribution in [1.82, 2.24) is 4.98 Å². The van der Waals surface area contributed by atoms with E-state index in [1.807, 2.05) is 22.6 Å². The predicted octanol–water partition coefficient (Wildman–Crippen LogP) is 2.21. The number of alkyl halides is 2. The third-order valence-corrected chi connectivity index (χ3v) is 2.25. The molecule has 0 radical (unpaired) electrons. The summed E-state index contributed by atoms with van der Waals surface area (Å²) in [5, 5.41) is 0. The van der Waals surface area contributed by atoms with Gasteiger partial charge in [0.05, 0.1) is 24.6 Å². The van der Waals surface area contributed by atoms with Crippen molar-refractivity contribution < 1.29 is 13.5 Å². The van der Waals surface area contributed by atoms with Gasteiger partial charge < -0.3 is 10.5 Å². The van der Waals surface area contributed by atoms with Gasteiger partial charge in [-0.25, -0.2) is 13.8 Å². The Kier molecular flexibility index (Phi) is 3.23. The predicted molar refractivity (Wildman–Crippen MR) is 52.9 cm³/mol. The average molecular weight is 300 g/mol. The van der Waals surface area contributed by atoms with Crippen LogP contribution in [0.25, 0.3) is 0 Å². The second-order valence-corrected chi connectivity index (χ2v) is 3.27. The molecule has 0 amide bonds. The molecular weight excluding hydrogens is 293 g/mol. The number of rotatable bonds is 2. The summed E-state index contributed by atoms with van der Waals surface area (Å²) in [6, 6.07) is 0. The monoisotopic (exact) mass is 300 g/mol. The van der Waals surface area contributed by atoms with E-state index < -0.39 is 6.43 Å². The van der Waals surface area contributed by atoms with Crippen LogP contribution in [0.4, 0.5) is 14.5 Å². The maximum absolute atomic E-state index is 12.5. The third-order valence-electron chi connectivity index (χ3n) is 1.48. The van der Waals surface area contributed by atoms with E-state index in [9.17, 15) is 8.78 Å². The van der Waals surface area contributed by atoms with Crippen molar-refractivity contribution in [3.8, 4) is 5.75 Å². The third kappa shape index (κ3) is 1.98. The normalized spacial score (nSPS) is 10.5. The van der Waals surface area contributed by atoms with E-state index in [1.165, 1.54) is 13.3 Å². The summed E-state index contributed by atoms with van der Waals surface area (Å²) in [5.74, 6) is 0.0515. The number of methoxy groups -OCH3 is 1. The van der Waals surface area contributed by atoms with E-state index in [1.54, 1.807) is 0 Å². The average Bonchev–Trinajstić information content (AvgIpc) is 2.07. The van der Waals surface area contributed by atoms with Gasteiger partial charge in [0.2, 0.25) is 0 Å². The molecule has 0 aliphatic carbocycles. The first-order chi connectivity index (χ1) is 6.07. The van der Waals surface area contributed by atoms with Gasteiger partial charge in [-0.05, 0) is 22.6 Å². The Morgan fingerprint density at radius 3 is 2.62 bits per heavy atom. The number of nitrogens with zero attached hydrogens (tertiary/aromatic N) is 1. The van der Waals surface area contributed by atoms with E-state index in [2.05, 4.69) is 4.98 Å². The minimum Gasteiger partial charge on any atom is -0.493 e. The first kappa shape index (κ1) is 10.4. The molecule has 0 fully saturated rings. The van der Waals surface area contributed by atoms with Crippen LogP contribution < -0.4 is 10.5 Å². The summed E-state index contributed by atoms with van der Waals surface area (Å²) in [6.45, 7) is 0. The molecule has 0 unspecified atom stereocenters. The zero-order valence-electron chi connectivity index (χ0n) is 6.72. The number of ether oxygens (including phenoxy) is 1. The highest BCUT2D eigenvalue weighted by atomic mass is 127. The zero-order chi connectivity index (χ0) is 10.0. The summed E-state index contributed by atoms with van der Waals surface area (Å²) in [5.41, 5.74) is 5.00. The van der Waals surface area contributed by atoms with Crippen LogP contribution in [-0.4, -0.2) is 12.1 Å². The van der Waals surface area contributed by atoms with Crippen LogP contribution in [0.2, 0.25) is 0 Å². The van der Waals surface area contributed by atoms with Crippen molar-refractivity contribution in [3.63, 3.8) is 0 Å². The van der Waals surface area contributed by atoms with Gasteiger partial charge in [0, 0.05) is 0 Å². The van der Waals surface area contributed by atoms with Crippen LogP contribution in [0.15, 0.2) is 6.20 Å². The maximum atomic E-state index is 12.5. The largest absolute Gasteiger partial charge is 0.493 e. The molecule has 0 saturated carbocycles. The van der Waals surface area contributed by atoms with Gasteiger partial charge in [0.15, 0.2) is 5.75 Å². The Labute approximate surface area is 87.4 Å². The molecule has 0 bridgehead atoms. The number of hydrogen-bond donors (Lipinski definition) is 1. The zero-order valence-corrected chi connectivity index (χ0v) is 8.88. The van der Waals surface area contributed by atoms with Gasteiger partial charge in [-0.1, -0.05) is 0 Å². The molecule has 1 aromatic heterocycles. The molecule has 1 heterocycles. The van der Waals surface area contributed by atoms with Crippen LogP contribution in [0.5, 0.6) is 5.75 Å². The van der Waals surface area contributed by atoms with Gasteiger partial charge in [-0.2, -0.15) is 0 Å². The smallest absolute Gasteiger partial charge is 0.269 e. The Bertz CT molecular complexity index is 320. The number of anilines is 1. The molecule has 0 aliphatic rings. The number of hydrogen-bond acceptors (Lipinski definition) is 3. The second-order valence-electron chi connectivity index (χ2n) is 2.25. The number of nitrogen functional groups attached to an aromatic ring is 1. The molecule has 13 heavy (non-hydrogen) atoms. The molecule has 3 nitrogen and oxygen atoms in total. The van der Waals surface area contributed by atoms with Crippen molar-refractivity contribution in [2.75, 3.05) is 12.8 Å². The Morgan fingerprint density at radius 2 is 2.23 bits per heavy atom. The standard InChI is InChI=1S/C7H7F2IN2O/c1-13-5-4(6(8)9)3(11)2-12-7(5)10/h2,6H,11H2,1H3. The van der Waals surface area contributed by atoms with Crippen LogP contribution >= 0.6 is 22.6 Å².